The van der Waals surface area contributed by atoms with Crippen LogP contribution in [0.15, 0.2) is 48.7 Å². The van der Waals surface area contributed by atoms with E-state index in [0.717, 1.165) is 11.1 Å². The molecule has 0 aliphatic rings. The zero-order valence-corrected chi connectivity index (χ0v) is 16.1. The van der Waals surface area contributed by atoms with Gasteiger partial charge in [0, 0.05) is 22.2 Å². The van der Waals surface area contributed by atoms with Crippen LogP contribution in [0.2, 0.25) is 5.02 Å². The van der Waals surface area contributed by atoms with Crippen molar-refractivity contribution in [1.82, 2.24) is 9.78 Å². The second-order valence-corrected chi connectivity index (χ2v) is 6.40. The average molecular weight is 386 g/mol. The molecule has 0 saturated carbocycles. The summed E-state index contributed by atoms with van der Waals surface area (Å²) in [6.45, 7) is 2.39. The van der Waals surface area contributed by atoms with Gasteiger partial charge in [-0.2, -0.15) is 5.10 Å². The SMILES string of the molecule is COc1cc(C(=O)Nc2ccnn2Cc2ccc(Cl)cc2)cc(OC)c1C. The van der Waals surface area contributed by atoms with Gasteiger partial charge >= 0.3 is 0 Å². The van der Waals surface area contributed by atoms with Crippen molar-refractivity contribution >= 4 is 23.3 Å². The van der Waals surface area contributed by atoms with Crippen LogP contribution in [0.3, 0.4) is 0 Å². The Balaban J connectivity index is 1.81. The number of nitrogens with zero attached hydrogens (tertiary/aromatic N) is 2. The molecule has 140 valence electrons. The van der Waals surface area contributed by atoms with Gasteiger partial charge in [-0.3, -0.25) is 4.79 Å². The fourth-order valence-corrected chi connectivity index (χ4v) is 2.86. The van der Waals surface area contributed by atoms with Crippen molar-refractivity contribution in [3.63, 3.8) is 0 Å². The Bertz CT molecular complexity index is 926. The Morgan fingerprint density at radius 1 is 1.11 bits per heavy atom. The number of nitrogens with one attached hydrogen (secondary N) is 1. The Hall–Kier alpha value is -2.99. The molecule has 0 aliphatic carbocycles. The predicted octanol–water partition coefficient (Wildman–Crippen LogP) is 4.16. The minimum absolute atomic E-state index is 0.274. The molecule has 1 aromatic heterocycles. The molecular formula is C20H20ClN3O3. The van der Waals surface area contributed by atoms with Crippen molar-refractivity contribution in [2.75, 3.05) is 19.5 Å². The molecule has 0 saturated heterocycles. The number of hydrogen-bond donors (Lipinski definition) is 1. The molecule has 1 heterocycles. The molecule has 1 amide bonds. The van der Waals surface area contributed by atoms with E-state index in [4.69, 9.17) is 21.1 Å². The molecule has 0 radical (unpaired) electrons. The standard InChI is InChI=1S/C20H20ClN3O3/c1-13-17(26-2)10-15(11-18(13)27-3)20(25)23-19-8-9-22-24(19)12-14-4-6-16(21)7-5-14/h4-11H,12H2,1-3H3,(H,23,25). The first-order valence-corrected chi connectivity index (χ1v) is 8.70. The lowest BCUT2D eigenvalue weighted by Crippen LogP contribution is -2.16. The van der Waals surface area contributed by atoms with Gasteiger partial charge in [-0.1, -0.05) is 23.7 Å². The summed E-state index contributed by atoms with van der Waals surface area (Å²) >= 11 is 5.92. The number of aromatic nitrogens is 2. The predicted molar refractivity (Wildman–Crippen MR) is 105 cm³/mol. The number of ether oxygens (including phenoxy) is 2. The largest absolute Gasteiger partial charge is 0.496 e. The van der Waals surface area contributed by atoms with E-state index >= 15 is 0 Å². The fraction of sp³-hybridized carbons (Fsp3) is 0.200. The molecule has 0 fully saturated rings. The Morgan fingerprint density at radius 3 is 2.33 bits per heavy atom. The maximum Gasteiger partial charge on any atom is 0.257 e. The van der Waals surface area contributed by atoms with Crippen molar-refractivity contribution in [3.05, 3.63) is 70.4 Å². The van der Waals surface area contributed by atoms with E-state index in [2.05, 4.69) is 10.4 Å². The molecule has 0 atom stereocenters. The molecule has 1 N–H and O–H groups in total. The molecule has 3 rings (SSSR count). The number of amides is 1. The van der Waals surface area contributed by atoms with Gasteiger partial charge in [0.15, 0.2) is 0 Å². The highest BCUT2D eigenvalue weighted by atomic mass is 35.5. The summed E-state index contributed by atoms with van der Waals surface area (Å²) in [6, 6.07) is 12.6. The van der Waals surface area contributed by atoms with E-state index in [1.165, 1.54) is 0 Å². The van der Waals surface area contributed by atoms with Crippen LogP contribution in [0.5, 0.6) is 11.5 Å². The molecule has 7 heteroatoms. The average Bonchev–Trinajstić information content (AvgIpc) is 3.10. The smallest absolute Gasteiger partial charge is 0.257 e. The normalized spacial score (nSPS) is 10.5. The lowest BCUT2D eigenvalue weighted by Gasteiger charge is -2.13. The minimum Gasteiger partial charge on any atom is -0.496 e. The first-order valence-electron chi connectivity index (χ1n) is 8.32. The maximum atomic E-state index is 12.7. The third-order valence-electron chi connectivity index (χ3n) is 4.22. The first-order chi connectivity index (χ1) is 13.0. The summed E-state index contributed by atoms with van der Waals surface area (Å²) in [5.74, 6) is 1.50. The summed E-state index contributed by atoms with van der Waals surface area (Å²) in [7, 11) is 3.12. The van der Waals surface area contributed by atoms with Crippen LogP contribution in [-0.2, 0) is 6.54 Å². The highest BCUT2D eigenvalue weighted by Gasteiger charge is 2.15. The fourth-order valence-electron chi connectivity index (χ4n) is 2.73. The van der Waals surface area contributed by atoms with Gasteiger partial charge in [0.05, 0.1) is 27.0 Å². The Labute approximate surface area is 162 Å². The number of hydrogen-bond acceptors (Lipinski definition) is 4. The van der Waals surface area contributed by atoms with Crippen molar-refractivity contribution in [1.29, 1.82) is 0 Å². The van der Waals surface area contributed by atoms with Crippen LogP contribution in [0.1, 0.15) is 21.5 Å². The summed E-state index contributed by atoms with van der Waals surface area (Å²) in [4.78, 5) is 12.7. The quantitative estimate of drug-likeness (QED) is 0.691. The Kier molecular flexibility index (Phi) is 5.66. The maximum absolute atomic E-state index is 12.7. The number of benzene rings is 2. The van der Waals surface area contributed by atoms with Crippen LogP contribution in [0, 0.1) is 6.92 Å². The van der Waals surface area contributed by atoms with Gasteiger partial charge in [0.2, 0.25) is 0 Å². The van der Waals surface area contributed by atoms with Crippen molar-refractivity contribution in [2.24, 2.45) is 0 Å². The van der Waals surface area contributed by atoms with Crippen LogP contribution in [0.25, 0.3) is 0 Å². The van der Waals surface area contributed by atoms with Gasteiger partial charge in [-0.15, -0.1) is 0 Å². The number of rotatable bonds is 6. The van der Waals surface area contributed by atoms with Gasteiger partial charge in [0.1, 0.15) is 17.3 Å². The monoisotopic (exact) mass is 385 g/mol. The van der Waals surface area contributed by atoms with E-state index in [1.807, 2.05) is 31.2 Å². The molecule has 0 bridgehead atoms. The Morgan fingerprint density at radius 2 is 1.74 bits per heavy atom. The summed E-state index contributed by atoms with van der Waals surface area (Å²) in [5.41, 5.74) is 2.30. The molecule has 0 aliphatic heterocycles. The van der Waals surface area contributed by atoms with Crippen LogP contribution < -0.4 is 14.8 Å². The first kappa shape index (κ1) is 18.8. The third kappa shape index (κ3) is 4.23. The number of anilines is 1. The molecule has 0 unspecified atom stereocenters. The van der Waals surface area contributed by atoms with Crippen molar-refractivity contribution in [3.8, 4) is 11.5 Å². The topological polar surface area (TPSA) is 65.4 Å². The van der Waals surface area contributed by atoms with E-state index < -0.39 is 0 Å². The highest BCUT2D eigenvalue weighted by molar-refractivity contribution is 6.30. The number of methoxy groups -OCH3 is 2. The number of carbonyl (C=O) groups excluding carboxylic acids is 1. The van der Waals surface area contributed by atoms with Gasteiger partial charge in [-0.05, 0) is 36.8 Å². The van der Waals surface area contributed by atoms with E-state index in [0.29, 0.717) is 34.4 Å². The molecule has 6 nitrogen and oxygen atoms in total. The van der Waals surface area contributed by atoms with E-state index in [1.54, 1.807) is 43.3 Å². The molecule has 27 heavy (non-hydrogen) atoms. The zero-order chi connectivity index (χ0) is 19.4. The number of halogens is 1. The molecular weight excluding hydrogens is 366 g/mol. The van der Waals surface area contributed by atoms with Crippen molar-refractivity contribution < 1.29 is 14.3 Å². The van der Waals surface area contributed by atoms with Gasteiger partial charge < -0.3 is 14.8 Å². The summed E-state index contributed by atoms with van der Waals surface area (Å²) in [6.07, 6.45) is 1.64. The lowest BCUT2D eigenvalue weighted by atomic mass is 10.1. The zero-order valence-electron chi connectivity index (χ0n) is 15.3. The molecule has 2 aromatic carbocycles. The van der Waals surface area contributed by atoms with Crippen LogP contribution in [0.4, 0.5) is 5.82 Å². The highest BCUT2D eigenvalue weighted by Crippen LogP contribution is 2.29. The lowest BCUT2D eigenvalue weighted by molar-refractivity contribution is 0.102. The summed E-state index contributed by atoms with van der Waals surface area (Å²) in [5, 5.41) is 7.84. The van der Waals surface area contributed by atoms with Crippen LogP contribution in [-0.4, -0.2) is 29.9 Å². The summed E-state index contributed by atoms with van der Waals surface area (Å²) < 4.78 is 12.4. The van der Waals surface area contributed by atoms with E-state index in [-0.39, 0.29) is 5.91 Å². The number of carbonyl (C=O) groups is 1. The van der Waals surface area contributed by atoms with Gasteiger partial charge in [0.25, 0.3) is 5.91 Å². The van der Waals surface area contributed by atoms with Crippen LogP contribution >= 0.6 is 11.6 Å². The third-order valence-corrected chi connectivity index (χ3v) is 4.47. The minimum atomic E-state index is -0.274. The molecule has 0 spiro atoms. The molecule has 3 aromatic rings. The van der Waals surface area contributed by atoms with Gasteiger partial charge in [-0.25, -0.2) is 4.68 Å². The second-order valence-electron chi connectivity index (χ2n) is 5.96. The second kappa shape index (κ2) is 8.14. The van der Waals surface area contributed by atoms with E-state index in [9.17, 15) is 4.79 Å². The van der Waals surface area contributed by atoms with Crippen molar-refractivity contribution in [2.45, 2.75) is 13.5 Å².